The lowest BCUT2D eigenvalue weighted by molar-refractivity contribution is -0.138. The number of methoxy groups -OCH3 is 1. The average Bonchev–Trinajstić information content (AvgIpc) is 3.99. The second kappa shape index (κ2) is 15.2. The summed E-state index contributed by atoms with van der Waals surface area (Å²) >= 11 is 1.61. The highest BCUT2D eigenvalue weighted by molar-refractivity contribution is 7.18. The maximum absolute atomic E-state index is 13.7. The number of thiophene rings is 1. The van der Waals surface area contributed by atoms with Crippen LogP contribution in [0.4, 0.5) is 4.79 Å². The largest absolute Gasteiger partial charge is 0.453 e. The highest BCUT2D eigenvalue weighted by Gasteiger charge is 2.39. The molecule has 4 N–H and O–H groups in total. The maximum Gasteiger partial charge on any atom is 0.407 e. The van der Waals surface area contributed by atoms with E-state index in [2.05, 4.69) is 38.8 Å². The lowest BCUT2D eigenvalue weighted by Crippen LogP contribution is -2.51. The van der Waals surface area contributed by atoms with Crippen LogP contribution in [0, 0.1) is 11.8 Å². The molecule has 15 heteroatoms. The number of fused-ring (bicyclic) bond motifs is 3. The fraction of sp³-hybridized carbons (Fsp3) is 0.462. The first kappa shape index (κ1) is 37.0. The molecule has 54 heavy (non-hydrogen) atoms. The van der Waals surface area contributed by atoms with Crippen molar-refractivity contribution in [3.05, 3.63) is 54.2 Å². The minimum absolute atomic E-state index is 0.0342. The second-order valence-corrected chi connectivity index (χ2v) is 15.9. The summed E-state index contributed by atoms with van der Waals surface area (Å²) in [6, 6.07) is 10.4. The number of nitrogens with one attached hydrogen (secondary N) is 4. The summed E-state index contributed by atoms with van der Waals surface area (Å²) in [5.74, 6) is 0.863. The molecule has 5 aromatic rings. The smallest absolute Gasteiger partial charge is 0.407 e. The second-order valence-electron chi connectivity index (χ2n) is 14.9. The normalized spacial score (nSPS) is 18.5. The zero-order chi connectivity index (χ0) is 38.3. The summed E-state index contributed by atoms with van der Waals surface area (Å²) in [7, 11) is 1.29. The number of H-pyrrole nitrogens is 2. The number of carbonyl (C=O) groups is 4. The van der Waals surface area contributed by atoms with Crippen molar-refractivity contribution < 1.29 is 23.9 Å². The monoisotopic (exact) mass is 753 g/mol. The first-order chi connectivity index (χ1) is 25.9. The van der Waals surface area contributed by atoms with Gasteiger partial charge in [0.05, 0.1) is 63.1 Å². The van der Waals surface area contributed by atoms with E-state index in [9.17, 15) is 19.2 Å². The van der Waals surface area contributed by atoms with Gasteiger partial charge in [0.15, 0.2) is 0 Å². The van der Waals surface area contributed by atoms with E-state index in [0.29, 0.717) is 18.9 Å². The van der Waals surface area contributed by atoms with Crippen LogP contribution in [-0.2, 0) is 19.1 Å². The molecular formula is C39H47N9O5S. The molecule has 0 saturated carbocycles. The predicted octanol–water partition coefficient (Wildman–Crippen LogP) is 6.10. The van der Waals surface area contributed by atoms with Crippen molar-refractivity contribution in [2.45, 2.75) is 84.5 Å². The van der Waals surface area contributed by atoms with E-state index >= 15 is 0 Å². The van der Waals surface area contributed by atoms with Crippen LogP contribution >= 0.6 is 11.3 Å². The molecule has 0 spiro atoms. The molecule has 0 radical (unpaired) electrons. The zero-order valence-electron chi connectivity index (χ0n) is 31.4. The van der Waals surface area contributed by atoms with Crippen molar-refractivity contribution in [2.75, 3.05) is 20.2 Å². The first-order valence-electron chi connectivity index (χ1n) is 18.6. The molecule has 284 valence electrons. The number of imidazole rings is 2. The van der Waals surface area contributed by atoms with Crippen molar-refractivity contribution in [2.24, 2.45) is 11.8 Å². The number of hydrogen-bond donors (Lipinski definition) is 4. The van der Waals surface area contributed by atoms with Crippen LogP contribution in [0.15, 0.2) is 42.6 Å². The highest BCUT2D eigenvalue weighted by Crippen LogP contribution is 2.38. The lowest BCUT2D eigenvalue weighted by atomic mass is 10.0. The molecule has 0 aliphatic carbocycles. The quantitative estimate of drug-likeness (QED) is 0.132. The maximum atomic E-state index is 13.7. The molecule has 2 aliphatic rings. The first-order valence-corrected chi connectivity index (χ1v) is 19.4. The van der Waals surface area contributed by atoms with Crippen LogP contribution in [0.5, 0.6) is 0 Å². The van der Waals surface area contributed by atoms with Gasteiger partial charge >= 0.3 is 6.09 Å². The number of likely N-dealkylation sites (tertiary alicyclic amines) is 2. The Hall–Kier alpha value is -5.31. The van der Waals surface area contributed by atoms with E-state index in [-0.39, 0.29) is 41.6 Å². The van der Waals surface area contributed by atoms with Crippen molar-refractivity contribution in [1.29, 1.82) is 0 Å². The van der Waals surface area contributed by atoms with Gasteiger partial charge in [-0.25, -0.2) is 19.7 Å². The number of aromatic nitrogens is 5. The molecular weight excluding hydrogens is 707 g/mol. The Kier molecular flexibility index (Phi) is 10.4. The Morgan fingerprint density at radius 1 is 0.796 bits per heavy atom. The third-order valence-corrected chi connectivity index (χ3v) is 11.6. The van der Waals surface area contributed by atoms with E-state index < -0.39 is 18.2 Å². The van der Waals surface area contributed by atoms with Crippen LogP contribution in [0.1, 0.15) is 84.0 Å². The number of aromatic amines is 2. The van der Waals surface area contributed by atoms with E-state index in [4.69, 9.17) is 19.7 Å². The molecule has 4 amide bonds. The summed E-state index contributed by atoms with van der Waals surface area (Å²) in [5, 5.41) is 6.47. The molecule has 6 heterocycles. The van der Waals surface area contributed by atoms with Gasteiger partial charge in [-0.1, -0.05) is 27.7 Å². The molecule has 4 atom stereocenters. The van der Waals surface area contributed by atoms with Gasteiger partial charge in [-0.15, -0.1) is 11.3 Å². The van der Waals surface area contributed by atoms with Gasteiger partial charge in [-0.3, -0.25) is 14.4 Å². The minimum Gasteiger partial charge on any atom is -0.453 e. The molecule has 2 aliphatic heterocycles. The number of ether oxygens (including phenoxy) is 1. The van der Waals surface area contributed by atoms with Crippen molar-refractivity contribution in [3.63, 3.8) is 0 Å². The van der Waals surface area contributed by atoms with Crippen LogP contribution in [-0.4, -0.2) is 90.8 Å². The van der Waals surface area contributed by atoms with E-state index in [0.717, 1.165) is 74.6 Å². The van der Waals surface area contributed by atoms with E-state index in [1.165, 1.54) is 14.0 Å². The standard InChI is InChI=1S/C39H47N9O5S/c1-20(2)32(41-22(5)49)37(50)47-17-7-9-28(47)35-40-19-27(44-35)31-16-15-30(54-31)25-12-11-23-24(42-25)13-14-26-34(23)45-36(43-26)29-10-8-18-48(29)38(51)33(21(3)4)46-39(52)53-6/h11-16,19-21,28-29,32-33H,7-10,17-18H2,1-6H3,(H,40,44)(H,41,49)(H,43,45)(H,46,52)/t28-,29-,32-,33-/m0/s1. The number of pyridine rings is 1. The van der Waals surface area contributed by atoms with E-state index in [1.807, 2.05) is 61.9 Å². The molecule has 0 unspecified atom stereocenters. The number of benzene rings is 1. The Morgan fingerprint density at radius 2 is 1.43 bits per heavy atom. The van der Waals surface area contributed by atoms with Gasteiger partial charge in [0.2, 0.25) is 17.7 Å². The van der Waals surface area contributed by atoms with Gasteiger partial charge in [0.1, 0.15) is 23.7 Å². The molecule has 2 fully saturated rings. The summed E-state index contributed by atoms with van der Waals surface area (Å²) in [4.78, 5) is 78.3. The van der Waals surface area contributed by atoms with Gasteiger partial charge in [-0.2, -0.15) is 0 Å². The Labute approximate surface area is 317 Å². The highest BCUT2D eigenvalue weighted by atomic mass is 32.1. The number of hydrogen-bond acceptors (Lipinski definition) is 9. The molecule has 2 saturated heterocycles. The Morgan fingerprint density at radius 3 is 2.07 bits per heavy atom. The number of rotatable bonds is 10. The van der Waals surface area contributed by atoms with Gasteiger partial charge in [-0.05, 0) is 73.9 Å². The predicted molar refractivity (Wildman–Crippen MR) is 206 cm³/mol. The summed E-state index contributed by atoms with van der Waals surface area (Å²) in [6.07, 6.45) is 4.46. The van der Waals surface area contributed by atoms with Gasteiger partial charge in [0, 0.05) is 25.4 Å². The third-order valence-electron chi connectivity index (χ3n) is 10.4. The van der Waals surface area contributed by atoms with Crippen molar-refractivity contribution in [3.8, 4) is 21.1 Å². The van der Waals surface area contributed by atoms with Crippen LogP contribution in [0.25, 0.3) is 43.1 Å². The number of nitrogens with zero attached hydrogens (tertiary/aromatic N) is 5. The molecule has 7 rings (SSSR count). The number of alkyl carbamates (subject to hydrolysis) is 1. The number of amides is 4. The van der Waals surface area contributed by atoms with Gasteiger partial charge < -0.3 is 35.1 Å². The van der Waals surface area contributed by atoms with Crippen molar-refractivity contribution >= 4 is 57.1 Å². The topological polar surface area (TPSA) is 178 Å². The third kappa shape index (κ3) is 7.16. The fourth-order valence-electron chi connectivity index (χ4n) is 7.67. The fourth-order valence-corrected chi connectivity index (χ4v) is 8.61. The van der Waals surface area contributed by atoms with Gasteiger partial charge in [0.25, 0.3) is 0 Å². The minimum atomic E-state index is -0.702. The molecule has 1 aromatic carbocycles. The molecule has 4 aromatic heterocycles. The molecule has 14 nitrogen and oxygen atoms in total. The van der Waals surface area contributed by atoms with Crippen LogP contribution in [0.2, 0.25) is 0 Å². The molecule has 0 bridgehead atoms. The summed E-state index contributed by atoms with van der Waals surface area (Å²) < 4.78 is 4.77. The number of carbonyl (C=O) groups excluding carboxylic acids is 4. The Balaban J connectivity index is 1.09. The summed E-state index contributed by atoms with van der Waals surface area (Å²) in [6.45, 7) is 10.3. The van der Waals surface area contributed by atoms with Crippen LogP contribution < -0.4 is 10.6 Å². The van der Waals surface area contributed by atoms with Crippen LogP contribution in [0.3, 0.4) is 0 Å². The lowest BCUT2D eigenvalue weighted by Gasteiger charge is -2.30. The Bertz CT molecular complexity index is 2210. The van der Waals surface area contributed by atoms with Crippen molar-refractivity contribution in [1.82, 2.24) is 45.4 Å². The summed E-state index contributed by atoms with van der Waals surface area (Å²) in [5.41, 5.74) is 4.19. The zero-order valence-corrected chi connectivity index (χ0v) is 32.3. The average molecular weight is 754 g/mol. The van der Waals surface area contributed by atoms with E-state index in [1.54, 1.807) is 11.3 Å². The SMILES string of the molecule is COC(=O)N[C@H](C(=O)N1CCC[C@H]1c1nc2ccc3nc(-c4ccc(-c5cnc([C@@H]6CCCN6C(=O)[C@@H](NC(C)=O)C(C)C)[nH]5)s4)ccc3c2[nH]1)C(C)C.